The third-order valence-electron chi connectivity index (χ3n) is 8.64. The van der Waals surface area contributed by atoms with Crippen LogP contribution >= 0.6 is 11.8 Å². The Morgan fingerprint density at radius 2 is 1.42 bits per heavy atom. The van der Waals surface area contributed by atoms with E-state index in [2.05, 4.69) is 10.6 Å². The summed E-state index contributed by atoms with van der Waals surface area (Å²) in [6, 6.07) is 22.7. The van der Waals surface area contributed by atoms with Gasteiger partial charge in [-0.25, -0.2) is 4.79 Å². The Kier molecular flexibility index (Phi) is 15.8. The largest absolute Gasteiger partial charge is 0.466 e. The van der Waals surface area contributed by atoms with Crippen LogP contribution in [0.2, 0.25) is 0 Å². The summed E-state index contributed by atoms with van der Waals surface area (Å²) in [5.41, 5.74) is 3.56. The number of esters is 5. The zero-order valence-electron chi connectivity index (χ0n) is 32.4. The van der Waals surface area contributed by atoms with Gasteiger partial charge in [0, 0.05) is 39.0 Å². The number of carbonyl (C=O) groups excluding carboxylic acids is 7. The summed E-state index contributed by atoms with van der Waals surface area (Å²) in [6.45, 7) is 5.08. The van der Waals surface area contributed by atoms with E-state index in [1.807, 2.05) is 49.4 Å². The molecule has 0 radical (unpaired) electrons. The molecule has 1 aliphatic rings. The van der Waals surface area contributed by atoms with E-state index in [0.717, 1.165) is 63.3 Å². The molecule has 2 amide bonds. The topological polar surface area (TPSA) is 199 Å². The number of carbonyl (C=O) groups is 7. The van der Waals surface area contributed by atoms with Crippen LogP contribution < -0.4 is 10.6 Å². The van der Waals surface area contributed by atoms with E-state index in [-0.39, 0.29) is 6.42 Å². The van der Waals surface area contributed by atoms with Crippen molar-refractivity contribution in [2.24, 2.45) is 0 Å². The van der Waals surface area contributed by atoms with Crippen molar-refractivity contribution >= 4 is 53.4 Å². The van der Waals surface area contributed by atoms with Crippen LogP contribution in [0, 0.1) is 6.92 Å². The Bertz CT molecular complexity index is 1910. The zero-order chi connectivity index (χ0) is 41.7. The average molecular weight is 807 g/mol. The molecule has 0 aromatic heterocycles. The number of benzene rings is 3. The van der Waals surface area contributed by atoms with Crippen LogP contribution in [-0.2, 0) is 68.4 Å². The lowest BCUT2D eigenvalue weighted by atomic mass is 9.89. The number of ether oxygens (including phenoxy) is 6. The van der Waals surface area contributed by atoms with E-state index in [0.29, 0.717) is 10.5 Å². The molecule has 0 aliphatic carbocycles. The Hall–Kier alpha value is -5.74. The van der Waals surface area contributed by atoms with Crippen molar-refractivity contribution in [2.75, 3.05) is 20.3 Å². The normalized spacial score (nSPS) is 19.8. The fourth-order valence-corrected chi connectivity index (χ4v) is 7.42. The SMILES string of the molecule is COC(=O)[C@]1(Sc2ccc(C)cc2)C[C@H](OC(C)=O)[C@@H](NC(=O)COC(C)=O)[C@H]([C@H](OC(C)=O)[C@@H](CNC(=O)Cc2ccc(-c3ccccc3)cc2)OC(C)=O)O1. The standard InChI is InChI=1S/C41H46N2O13S/c1-24-12-18-32(19-13-24)57-41(40(50)51-6)21-33(53-26(3)45)37(43-36(49)23-52-25(2)44)39(56-41)38(55-28(5)47)34(54-27(4)46)22-42-35(48)20-29-14-16-31(17-15-29)30-10-8-7-9-11-30/h7-19,33-34,37-39H,20-23H2,1-6H3,(H,42,48)(H,43,49)/t33-,34+,37+,38+,39+,41+/m0/s1. The molecule has 0 spiro atoms. The smallest absolute Gasteiger partial charge is 0.349 e. The molecule has 16 heteroatoms. The average Bonchev–Trinajstić information content (AvgIpc) is 3.16. The summed E-state index contributed by atoms with van der Waals surface area (Å²) < 4.78 is 33.8. The first-order chi connectivity index (χ1) is 27.1. The number of nitrogens with one attached hydrogen (secondary N) is 2. The number of methoxy groups -OCH3 is 1. The monoisotopic (exact) mass is 806 g/mol. The minimum atomic E-state index is -2.01. The highest BCUT2D eigenvalue weighted by Gasteiger charge is 2.59. The van der Waals surface area contributed by atoms with Crippen LogP contribution in [0.25, 0.3) is 11.1 Å². The number of amides is 2. The molecule has 0 bridgehead atoms. The summed E-state index contributed by atoms with van der Waals surface area (Å²) in [5, 5.41) is 5.34. The van der Waals surface area contributed by atoms with Crippen LogP contribution in [0.5, 0.6) is 0 Å². The van der Waals surface area contributed by atoms with Gasteiger partial charge in [0.25, 0.3) is 5.91 Å². The van der Waals surface area contributed by atoms with Crippen molar-refractivity contribution < 1.29 is 62.0 Å². The number of hydrogen-bond donors (Lipinski definition) is 2. The first-order valence-electron chi connectivity index (χ1n) is 18.0. The van der Waals surface area contributed by atoms with Crippen LogP contribution in [0.1, 0.15) is 45.2 Å². The van der Waals surface area contributed by atoms with Crippen molar-refractivity contribution in [1.82, 2.24) is 10.6 Å². The molecule has 3 aromatic carbocycles. The Morgan fingerprint density at radius 3 is 2.00 bits per heavy atom. The molecule has 0 saturated carbocycles. The molecular formula is C41H46N2O13S. The number of aryl methyl sites for hydroxylation is 1. The van der Waals surface area contributed by atoms with Gasteiger partial charge in [-0.3, -0.25) is 28.8 Å². The third kappa shape index (κ3) is 12.9. The second kappa shape index (κ2) is 20.4. The highest BCUT2D eigenvalue weighted by atomic mass is 32.2. The summed E-state index contributed by atoms with van der Waals surface area (Å²) in [7, 11) is 1.13. The van der Waals surface area contributed by atoms with Crippen molar-refractivity contribution in [3.05, 3.63) is 90.0 Å². The minimum absolute atomic E-state index is 0.0674. The second-order valence-electron chi connectivity index (χ2n) is 13.2. The van der Waals surface area contributed by atoms with Gasteiger partial charge < -0.3 is 39.1 Å². The molecule has 6 atom stereocenters. The lowest BCUT2D eigenvalue weighted by Gasteiger charge is -2.48. The van der Waals surface area contributed by atoms with E-state index in [1.165, 1.54) is 0 Å². The Balaban J connectivity index is 1.74. The van der Waals surface area contributed by atoms with Gasteiger partial charge >= 0.3 is 29.8 Å². The predicted molar refractivity (Wildman–Crippen MR) is 205 cm³/mol. The van der Waals surface area contributed by atoms with Crippen molar-refractivity contribution in [3.63, 3.8) is 0 Å². The first kappa shape index (κ1) is 44.0. The van der Waals surface area contributed by atoms with E-state index in [1.54, 1.807) is 36.4 Å². The lowest BCUT2D eigenvalue weighted by molar-refractivity contribution is -0.221. The maximum Gasteiger partial charge on any atom is 0.349 e. The second-order valence-corrected chi connectivity index (χ2v) is 14.6. The third-order valence-corrected chi connectivity index (χ3v) is 9.91. The quantitative estimate of drug-likeness (QED) is 0.157. The highest BCUT2D eigenvalue weighted by molar-refractivity contribution is 8.01. The fourth-order valence-electron chi connectivity index (χ4n) is 6.20. The van der Waals surface area contributed by atoms with Crippen LogP contribution in [0.3, 0.4) is 0 Å². The minimum Gasteiger partial charge on any atom is -0.466 e. The predicted octanol–water partition coefficient (Wildman–Crippen LogP) is 3.61. The molecule has 1 heterocycles. The van der Waals surface area contributed by atoms with E-state index in [9.17, 15) is 33.6 Å². The summed E-state index contributed by atoms with van der Waals surface area (Å²) in [5.74, 6) is -5.55. The molecule has 1 saturated heterocycles. The van der Waals surface area contributed by atoms with Gasteiger partial charge in [-0.05, 0) is 35.7 Å². The van der Waals surface area contributed by atoms with E-state index < -0.39 is 96.6 Å². The lowest BCUT2D eigenvalue weighted by Crippen LogP contribution is -2.68. The molecule has 2 N–H and O–H groups in total. The molecule has 0 unspecified atom stereocenters. The maximum atomic E-state index is 13.8. The number of thioether (sulfide) groups is 1. The van der Waals surface area contributed by atoms with Gasteiger partial charge in [0.15, 0.2) is 18.8 Å². The van der Waals surface area contributed by atoms with Crippen molar-refractivity contribution in [1.29, 1.82) is 0 Å². The molecule has 57 heavy (non-hydrogen) atoms. The van der Waals surface area contributed by atoms with Crippen LogP contribution in [-0.4, -0.2) is 97.3 Å². The van der Waals surface area contributed by atoms with Gasteiger partial charge in [-0.2, -0.15) is 0 Å². The Morgan fingerprint density at radius 1 is 0.789 bits per heavy atom. The van der Waals surface area contributed by atoms with E-state index in [4.69, 9.17) is 28.4 Å². The molecule has 304 valence electrons. The fraction of sp³-hybridized carbons (Fsp3) is 0.390. The molecule has 1 aliphatic heterocycles. The van der Waals surface area contributed by atoms with Gasteiger partial charge in [0.05, 0.1) is 26.1 Å². The molecule has 4 rings (SSSR count). The van der Waals surface area contributed by atoms with Crippen LogP contribution in [0.15, 0.2) is 83.8 Å². The zero-order valence-corrected chi connectivity index (χ0v) is 33.3. The van der Waals surface area contributed by atoms with E-state index >= 15 is 0 Å². The van der Waals surface area contributed by atoms with Crippen LogP contribution in [0.4, 0.5) is 0 Å². The molecule has 15 nitrogen and oxygen atoms in total. The maximum absolute atomic E-state index is 13.8. The van der Waals surface area contributed by atoms with Crippen molar-refractivity contribution in [3.8, 4) is 11.1 Å². The molecule has 1 fully saturated rings. The summed E-state index contributed by atoms with van der Waals surface area (Å²) >= 11 is 0.916. The van der Waals surface area contributed by atoms with Gasteiger partial charge in [-0.15, -0.1) is 0 Å². The first-order valence-corrected chi connectivity index (χ1v) is 18.8. The summed E-state index contributed by atoms with van der Waals surface area (Å²) in [6.07, 6.45) is -6.64. The van der Waals surface area contributed by atoms with Crippen molar-refractivity contribution in [2.45, 2.75) is 87.7 Å². The molecular weight excluding hydrogens is 761 g/mol. The van der Waals surface area contributed by atoms with Gasteiger partial charge in [-0.1, -0.05) is 84.1 Å². The molecule has 3 aromatic rings. The number of hydrogen-bond acceptors (Lipinski definition) is 14. The van der Waals surface area contributed by atoms with Gasteiger partial charge in [0.1, 0.15) is 12.2 Å². The number of rotatable bonds is 16. The van der Waals surface area contributed by atoms with Gasteiger partial charge in [0.2, 0.25) is 10.8 Å². The summed E-state index contributed by atoms with van der Waals surface area (Å²) in [4.78, 5) is 88.4. The highest BCUT2D eigenvalue weighted by Crippen LogP contribution is 2.46. The Labute approximate surface area is 334 Å².